The van der Waals surface area contributed by atoms with Gasteiger partial charge in [-0.15, -0.1) is 0 Å². The maximum atomic E-state index is 11.3. The van der Waals surface area contributed by atoms with Crippen LogP contribution in [0.3, 0.4) is 0 Å². The monoisotopic (exact) mass is 226 g/mol. The van der Waals surface area contributed by atoms with Gasteiger partial charge in [0.1, 0.15) is 0 Å². The highest BCUT2D eigenvalue weighted by atomic mass is 16.3. The molecule has 16 heavy (non-hydrogen) atoms. The second-order valence-electron chi connectivity index (χ2n) is 5.32. The van der Waals surface area contributed by atoms with E-state index in [1.807, 2.05) is 7.05 Å². The zero-order chi connectivity index (χ0) is 11.6. The Labute approximate surface area is 97.0 Å². The van der Waals surface area contributed by atoms with Crippen LogP contribution in [0.2, 0.25) is 0 Å². The van der Waals surface area contributed by atoms with Gasteiger partial charge < -0.3 is 15.3 Å². The molecule has 0 spiro atoms. The molecule has 4 heteroatoms. The molecule has 0 aromatic heterocycles. The van der Waals surface area contributed by atoms with Crippen molar-refractivity contribution in [3.8, 4) is 0 Å². The molecule has 0 aromatic rings. The predicted molar refractivity (Wildman–Crippen MR) is 62.1 cm³/mol. The van der Waals surface area contributed by atoms with Crippen LogP contribution in [-0.4, -0.2) is 47.7 Å². The molecule has 1 saturated carbocycles. The lowest BCUT2D eigenvalue weighted by atomic mass is 10.0. The summed E-state index contributed by atoms with van der Waals surface area (Å²) in [7, 11) is 1.85. The fraction of sp³-hybridized carbons (Fsp3) is 0.917. The Hall–Kier alpha value is -0.610. The Balaban J connectivity index is 1.76. The number of amides is 1. The first-order valence-electron chi connectivity index (χ1n) is 6.29. The standard InChI is InChI=1S/C12H22N2O2/c1-14-8-10(4-5-11(14)15)13-9-12(16)6-2-3-7-12/h10,13,16H,2-9H2,1H3. The van der Waals surface area contributed by atoms with Crippen LogP contribution in [0.1, 0.15) is 38.5 Å². The van der Waals surface area contributed by atoms with E-state index in [4.69, 9.17) is 0 Å². The van der Waals surface area contributed by atoms with Crippen LogP contribution in [0.4, 0.5) is 0 Å². The molecule has 1 atom stereocenters. The molecule has 1 saturated heterocycles. The molecular formula is C12H22N2O2. The van der Waals surface area contributed by atoms with Crippen LogP contribution < -0.4 is 5.32 Å². The number of nitrogens with zero attached hydrogens (tertiary/aromatic N) is 1. The topological polar surface area (TPSA) is 52.6 Å². The Morgan fingerprint density at radius 3 is 2.81 bits per heavy atom. The van der Waals surface area contributed by atoms with Crippen molar-refractivity contribution in [3.63, 3.8) is 0 Å². The third kappa shape index (κ3) is 2.74. The van der Waals surface area contributed by atoms with Crippen LogP contribution in [0.15, 0.2) is 0 Å². The summed E-state index contributed by atoms with van der Waals surface area (Å²) >= 11 is 0. The molecule has 1 aliphatic heterocycles. The average Bonchev–Trinajstić information content (AvgIpc) is 2.68. The minimum atomic E-state index is -0.486. The van der Waals surface area contributed by atoms with Gasteiger partial charge in [-0.05, 0) is 19.3 Å². The van der Waals surface area contributed by atoms with Crippen LogP contribution in [0.25, 0.3) is 0 Å². The van der Waals surface area contributed by atoms with E-state index in [9.17, 15) is 9.90 Å². The minimum absolute atomic E-state index is 0.234. The summed E-state index contributed by atoms with van der Waals surface area (Å²) in [6, 6.07) is 0.354. The van der Waals surface area contributed by atoms with Crippen LogP contribution in [0, 0.1) is 0 Å². The van der Waals surface area contributed by atoms with E-state index < -0.39 is 5.60 Å². The molecule has 0 radical (unpaired) electrons. The van der Waals surface area contributed by atoms with E-state index in [1.165, 1.54) is 0 Å². The molecule has 4 nitrogen and oxygen atoms in total. The van der Waals surface area contributed by atoms with Crippen molar-refractivity contribution in [1.29, 1.82) is 0 Å². The molecule has 0 aromatic carbocycles. The zero-order valence-corrected chi connectivity index (χ0v) is 10.0. The maximum absolute atomic E-state index is 11.3. The molecule has 2 N–H and O–H groups in total. The smallest absolute Gasteiger partial charge is 0.222 e. The zero-order valence-electron chi connectivity index (χ0n) is 10.0. The third-order valence-electron chi connectivity index (χ3n) is 3.88. The van der Waals surface area contributed by atoms with Gasteiger partial charge in [-0.2, -0.15) is 0 Å². The van der Waals surface area contributed by atoms with Gasteiger partial charge in [-0.25, -0.2) is 0 Å². The highest BCUT2D eigenvalue weighted by Gasteiger charge is 2.32. The van der Waals surface area contributed by atoms with Gasteiger partial charge in [0.2, 0.25) is 5.91 Å². The molecular weight excluding hydrogens is 204 g/mol. The van der Waals surface area contributed by atoms with Crippen LogP contribution in [0.5, 0.6) is 0 Å². The molecule has 1 heterocycles. The molecule has 2 aliphatic rings. The first-order valence-corrected chi connectivity index (χ1v) is 6.29. The number of aliphatic hydroxyl groups is 1. The highest BCUT2D eigenvalue weighted by molar-refractivity contribution is 5.76. The van der Waals surface area contributed by atoms with Gasteiger partial charge in [0.05, 0.1) is 5.60 Å². The van der Waals surface area contributed by atoms with Gasteiger partial charge in [-0.1, -0.05) is 12.8 Å². The molecule has 1 amide bonds. The lowest BCUT2D eigenvalue weighted by molar-refractivity contribution is -0.132. The summed E-state index contributed by atoms with van der Waals surface area (Å²) in [6.07, 6.45) is 5.65. The molecule has 92 valence electrons. The summed E-state index contributed by atoms with van der Waals surface area (Å²) in [5.74, 6) is 0.234. The summed E-state index contributed by atoms with van der Waals surface area (Å²) < 4.78 is 0. The van der Waals surface area contributed by atoms with E-state index in [0.717, 1.165) is 38.6 Å². The van der Waals surface area contributed by atoms with Gasteiger partial charge in [0, 0.05) is 32.6 Å². The summed E-state index contributed by atoms with van der Waals surface area (Å²) in [4.78, 5) is 13.1. The third-order valence-corrected chi connectivity index (χ3v) is 3.88. The van der Waals surface area contributed by atoms with Gasteiger partial charge >= 0.3 is 0 Å². The van der Waals surface area contributed by atoms with E-state index in [2.05, 4.69) is 5.32 Å². The second-order valence-corrected chi connectivity index (χ2v) is 5.32. The fourth-order valence-electron chi connectivity index (χ4n) is 2.72. The number of carbonyl (C=O) groups excluding carboxylic acids is 1. The van der Waals surface area contributed by atoms with Crippen molar-refractivity contribution in [1.82, 2.24) is 10.2 Å². The average molecular weight is 226 g/mol. The lowest BCUT2D eigenvalue weighted by Crippen LogP contribution is -2.50. The van der Waals surface area contributed by atoms with Crippen molar-refractivity contribution >= 4 is 5.91 Å². The summed E-state index contributed by atoms with van der Waals surface area (Å²) in [5.41, 5.74) is -0.486. The van der Waals surface area contributed by atoms with Crippen molar-refractivity contribution in [2.24, 2.45) is 0 Å². The molecule has 2 rings (SSSR count). The van der Waals surface area contributed by atoms with E-state index in [0.29, 0.717) is 19.0 Å². The van der Waals surface area contributed by atoms with Gasteiger partial charge in [-0.3, -0.25) is 4.79 Å². The molecule has 1 aliphatic carbocycles. The van der Waals surface area contributed by atoms with Crippen molar-refractivity contribution in [2.45, 2.75) is 50.2 Å². The van der Waals surface area contributed by atoms with Crippen molar-refractivity contribution < 1.29 is 9.90 Å². The Morgan fingerprint density at radius 1 is 1.50 bits per heavy atom. The summed E-state index contributed by atoms with van der Waals surface area (Å²) in [5, 5.41) is 13.6. The predicted octanol–water partition coefficient (Wildman–Crippen LogP) is 0.502. The van der Waals surface area contributed by atoms with E-state index >= 15 is 0 Å². The maximum Gasteiger partial charge on any atom is 0.222 e. The number of nitrogens with one attached hydrogen (secondary N) is 1. The molecule has 2 fully saturated rings. The number of rotatable bonds is 3. The Bertz CT molecular complexity index is 262. The number of hydrogen-bond donors (Lipinski definition) is 2. The number of piperidine rings is 1. The minimum Gasteiger partial charge on any atom is -0.389 e. The SMILES string of the molecule is CN1CC(NCC2(O)CCCC2)CCC1=O. The first-order chi connectivity index (χ1) is 7.59. The first kappa shape index (κ1) is 11.9. The quantitative estimate of drug-likeness (QED) is 0.737. The summed E-state index contributed by atoms with van der Waals surface area (Å²) in [6.45, 7) is 1.45. The van der Waals surface area contributed by atoms with Gasteiger partial charge in [0.15, 0.2) is 0 Å². The molecule has 0 bridgehead atoms. The van der Waals surface area contributed by atoms with Crippen molar-refractivity contribution in [2.75, 3.05) is 20.1 Å². The van der Waals surface area contributed by atoms with E-state index in [1.54, 1.807) is 4.90 Å². The second kappa shape index (κ2) is 4.72. The lowest BCUT2D eigenvalue weighted by Gasteiger charge is -2.33. The Kier molecular flexibility index (Phi) is 3.50. The van der Waals surface area contributed by atoms with Crippen LogP contribution >= 0.6 is 0 Å². The van der Waals surface area contributed by atoms with Crippen LogP contribution in [-0.2, 0) is 4.79 Å². The van der Waals surface area contributed by atoms with Crippen molar-refractivity contribution in [3.05, 3.63) is 0 Å². The number of likely N-dealkylation sites (N-methyl/N-ethyl adjacent to an activating group) is 1. The Morgan fingerprint density at radius 2 is 2.19 bits per heavy atom. The fourth-order valence-corrected chi connectivity index (χ4v) is 2.72. The number of likely N-dealkylation sites (tertiary alicyclic amines) is 1. The number of hydrogen-bond acceptors (Lipinski definition) is 3. The van der Waals surface area contributed by atoms with E-state index in [-0.39, 0.29) is 5.91 Å². The molecule has 1 unspecified atom stereocenters. The largest absolute Gasteiger partial charge is 0.389 e. The number of carbonyl (C=O) groups is 1. The van der Waals surface area contributed by atoms with Gasteiger partial charge in [0.25, 0.3) is 0 Å². The highest BCUT2D eigenvalue weighted by Crippen LogP contribution is 2.28. The normalized spacial score (nSPS) is 29.8.